The number of aliphatic carboxylic acids is 1. The molecule has 0 spiro atoms. The minimum Gasteiger partial charge on any atom is -0.494 e. The number of pyridine rings is 1. The van der Waals surface area contributed by atoms with Crippen molar-refractivity contribution in [3.8, 4) is 34.4 Å². The number of hydrogen-bond donors (Lipinski definition) is 3. The highest BCUT2D eigenvalue weighted by atomic mass is 35.5. The number of methoxy groups -OCH3 is 1. The van der Waals surface area contributed by atoms with Gasteiger partial charge in [0.1, 0.15) is 36.3 Å². The monoisotopic (exact) mass is 631 g/mol. The lowest BCUT2D eigenvalue weighted by Crippen LogP contribution is -2.37. The van der Waals surface area contributed by atoms with Gasteiger partial charge in [0.2, 0.25) is 0 Å². The molecule has 4 aromatic rings. The smallest absolute Gasteiger partial charge is 0.320 e. The predicted molar refractivity (Wildman–Crippen MR) is 165 cm³/mol. The maximum atomic E-state index is 15.2. The molecule has 11 heteroatoms. The van der Waals surface area contributed by atoms with Crippen LogP contribution in [-0.4, -0.2) is 40.9 Å². The topological polar surface area (TPSA) is 134 Å². The number of halogens is 2. The lowest BCUT2D eigenvalue weighted by atomic mass is 9.96. The van der Waals surface area contributed by atoms with Crippen LogP contribution < -0.4 is 19.5 Å². The number of fused-ring (bicyclic) bond motifs is 1. The van der Waals surface area contributed by atoms with Crippen molar-refractivity contribution in [1.82, 2.24) is 10.3 Å². The Morgan fingerprint density at radius 3 is 2.71 bits per heavy atom. The van der Waals surface area contributed by atoms with Gasteiger partial charge in [-0.25, -0.2) is 4.39 Å². The summed E-state index contributed by atoms with van der Waals surface area (Å²) in [5, 5.41) is 31.2. The second kappa shape index (κ2) is 14.4. The maximum Gasteiger partial charge on any atom is 0.320 e. The van der Waals surface area contributed by atoms with Gasteiger partial charge in [-0.1, -0.05) is 41.9 Å². The van der Waals surface area contributed by atoms with Crippen LogP contribution in [-0.2, 0) is 24.4 Å². The molecule has 5 rings (SSSR count). The molecule has 3 aromatic carbocycles. The lowest BCUT2D eigenvalue weighted by Gasteiger charge is -2.20. The average Bonchev–Trinajstić information content (AvgIpc) is 3.46. The Balaban J connectivity index is 1.44. The molecule has 1 aliphatic carbocycles. The summed E-state index contributed by atoms with van der Waals surface area (Å²) in [5.41, 5.74) is 4.76. The molecule has 0 radical (unpaired) electrons. The highest BCUT2D eigenvalue weighted by molar-refractivity contribution is 6.32. The van der Waals surface area contributed by atoms with Crippen LogP contribution in [0, 0.1) is 17.1 Å². The molecule has 3 N–H and O–H groups in total. The second-order valence-electron chi connectivity index (χ2n) is 10.5. The molecule has 1 heterocycles. The summed E-state index contributed by atoms with van der Waals surface area (Å²) in [4.78, 5) is 15.7. The fraction of sp³-hybridized carbons (Fsp3) is 0.265. The quantitative estimate of drug-likeness (QED) is 0.163. The molecule has 0 fully saturated rings. The number of aliphatic hydroxyl groups is 1. The van der Waals surface area contributed by atoms with Crippen molar-refractivity contribution in [2.45, 2.75) is 44.6 Å². The van der Waals surface area contributed by atoms with Crippen LogP contribution in [0.3, 0.4) is 0 Å². The number of ether oxygens (including phenoxy) is 3. The molecule has 2 atom stereocenters. The third-order valence-electron chi connectivity index (χ3n) is 7.65. The van der Waals surface area contributed by atoms with Crippen molar-refractivity contribution >= 4 is 17.6 Å². The molecular weight excluding hydrogens is 601 g/mol. The van der Waals surface area contributed by atoms with Crippen molar-refractivity contribution in [3.05, 3.63) is 106 Å². The summed E-state index contributed by atoms with van der Waals surface area (Å²) < 4.78 is 33.0. The number of nitrogens with one attached hydrogen (secondary N) is 1. The fourth-order valence-electron chi connectivity index (χ4n) is 5.42. The second-order valence-corrected chi connectivity index (χ2v) is 10.9. The van der Waals surface area contributed by atoms with Gasteiger partial charge in [0, 0.05) is 48.3 Å². The van der Waals surface area contributed by atoms with E-state index in [2.05, 4.69) is 16.4 Å². The zero-order chi connectivity index (χ0) is 31.9. The number of carbonyl (C=O) groups is 1. The van der Waals surface area contributed by atoms with E-state index in [1.807, 2.05) is 18.2 Å². The van der Waals surface area contributed by atoms with Gasteiger partial charge in [0.15, 0.2) is 11.6 Å². The van der Waals surface area contributed by atoms with E-state index in [-0.39, 0.29) is 38.0 Å². The first-order valence-electron chi connectivity index (χ1n) is 14.3. The minimum atomic E-state index is -1.09. The van der Waals surface area contributed by atoms with Crippen LogP contribution in [0.2, 0.25) is 5.02 Å². The van der Waals surface area contributed by atoms with Crippen molar-refractivity contribution in [3.63, 3.8) is 0 Å². The first-order chi connectivity index (χ1) is 21.8. The fourth-order valence-corrected chi connectivity index (χ4v) is 5.65. The summed E-state index contributed by atoms with van der Waals surface area (Å²) in [6.45, 7) is -0.125. The highest BCUT2D eigenvalue weighted by Gasteiger charge is 2.29. The van der Waals surface area contributed by atoms with Crippen LogP contribution in [0.25, 0.3) is 11.1 Å². The van der Waals surface area contributed by atoms with Crippen molar-refractivity contribution in [1.29, 1.82) is 5.26 Å². The summed E-state index contributed by atoms with van der Waals surface area (Å²) in [6, 6.07) is 16.8. The molecule has 9 nitrogen and oxygen atoms in total. The Morgan fingerprint density at radius 2 is 1.96 bits per heavy atom. The third kappa shape index (κ3) is 7.18. The van der Waals surface area contributed by atoms with Gasteiger partial charge in [-0.2, -0.15) is 5.26 Å². The molecule has 1 aliphatic rings. The average molecular weight is 632 g/mol. The van der Waals surface area contributed by atoms with Gasteiger partial charge in [0.05, 0.1) is 17.7 Å². The van der Waals surface area contributed by atoms with Gasteiger partial charge in [-0.15, -0.1) is 0 Å². The maximum absolute atomic E-state index is 15.2. The molecule has 0 aliphatic heterocycles. The number of aromatic nitrogens is 1. The van der Waals surface area contributed by atoms with Gasteiger partial charge in [-0.3, -0.25) is 9.78 Å². The number of nitriles is 1. The molecule has 0 saturated heterocycles. The normalized spacial score (nSPS) is 14.3. The van der Waals surface area contributed by atoms with E-state index >= 15 is 4.39 Å². The van der Waals surface area contributed by atoms with Gasteiger partial charge in [-0.05, 0) is 54.2 Å². The van der Waals surface area contributed by atoms with E-state index in [0.29, 0.717) is 51.6 Å². The summed E-state index contributed by atoms with van der Waals surface area (Å²) in [7, 11) is 1.43. The minimum absolute atomic E-state index is 0.0236. The molecule has 232 valence electrons. The summed E-state index contributed by atoms with van der Waals surface area (Å²) >= 11 is 6.71. The van der Waals surface area contributed by atoms with Crippen molar-refractivity contribution < 1.29 is 33.6 Å². The van der Waals surface area contributed by atoms with E-state index in [0.717, 1.165) is 16.7 Å². The first kappa shape index (κ1) is 31.7. The highest BCUT2D eigenvalue weighted by Crippen LogP contribution is 2.44. The largest absolute Gasteiger partial charge is 0.494 e. The van der Waals surface area contributed by atoms with Crippen LogP contribution in [0.4, 0.5) is 4.39 Å². The van der Waals surface area contributed by atoms with Gasteiger partial charge < -0.3 is 29.7 Å². The van der Waals surface area contributed by atoms with E-state index in [4.69, 9.17) is 25.8 Å². The molecular formula is C34H31ClFN3O6. The van der Waals surface area contributed by atoms with Crippen LogP contribution in [0.5, 0.6) is 17.2 Å². The first-order valence-corrected chi connectivity index (χ1v) is 14.7. The summed E-state index contributed by atoms with van der Waals surface area (Å²) in [5.74, 6) is -0.592. The Bertz CT molecular complexity index is 1740. The third-order valence-corrected chi connectivity index (χ3v) is 7.94. The van der Waals surface area contributed by atoms with Crippen LogP contribution in [0.1, 0.15) is 46.8 Å². The number of benzene rings is 3. The van der Waals surface area contributed by atoms with E-state index in [9.17, 15) is 20.3 Å². The van der Waals surface area contributed by atoms with E-state index in [1.165, 1.54) is 13.3 Å². The van der Waals surface area contributed by atoms with E-state index in [1.54, 1.807) is 42.6 Å². The number of carboxylic acid groups (broad SMARTS) is 1. The summed E-state index contributed by atoms with van der Waals surface area (Å²) in [6.07, 6.45) is 4.01. The van der Waals surface area contributed by atoms with E-state index < -0.39 is 17.8 Å². The van der Waals surface area contributed by atoms with Gasteiger partial charge >= 0.3 is 5.97 Å². The van der Waals surface area contributed by atoms with Crippen LogP contribution >= 0.6 is 11.6 Å². The van der Waals surface area contributed by atoms with Crippen LogP contribution in [0.15, 0.2) is 67.0 Å². The molecule has 0 amide bonds. The number of hydrogen-bond acceptors (Lipinski definition) is 8. The Kier molecular flexibility index (Phi) is 10.1. The molecule has 0 bridgehead atoms. The van der Waals surface area contributed by atoms with Crippen molar-refractivity contribution in [2.75, 3.05) is 13.7 Å². The Morgan fingerprint density at radius 1 is 1.16 bits per heavy atom. The molecule has 1 aromatic heterocycles. The SMILES string of the molecule is COc1cccc(-c2cccc3c2CC[C@@H]3Oc2cc(OCc3cncc(C#N)c3)c(CN[C@@H](CCO)C(=O)O)cc2Cl)c1F. The zero-order valence-electron chi connectivity index (χ0n) is 24.4. The van der Waals surface area contributed by atoms with Crippen molar-refractivity contribution in [2.24, 2.45) is 0 Å². The standard InChI is InChI=1S/C34H31ClFN3O6/c1-43-30-7-3-6-26(33(30)36)23-4-2-5-25-24(23)8-9-29(25)45-32-14-31(44-19-21-12-20(15-37)16-38-17-21)22(13-27(32)35)18-39-28(10-11-40)34(41)42/h2-7,12-14,16-17,28-29,39-40H,8-11,18-19H2,1H3,(H,41,42)/t28-,29-/m0/s1. The number of rotatable bonds is 13. The Labute approximate surface area is 264 Å². The number of nitrogens with zero attached hydrogens (tertiary/aromatic N) is 2. The predicted octanol–water partition coefficient (Wildman–Crippen LogP) is 5.99. The Hall–Kier alpha value is -4.69. The van der Waals surface area contributed by atoms with Gasteiger partial charge in [0.25, 0.3) is 0 Å². The molecule has 45 heavy (non-hydrogen) atoms. The zero-order valence-corrected chi connectivity index (χ0v) is 25.2. The number of carboxylic acids is 1. The molecule has 0 unspecified atom stereocenters. The molecule has 0 saturated carbocycles. The number of aliphatic hydroxyl groups excluding tert-OH is 1. The lowest BCUT2D eigenvalue weighted by molar-refractivity contribution is -0.140.